The molecule has 1 aromatic carbocycles. The minimum absolute atomic E-state index is 0.451. The zero-order valence-corrected chi connectivity index (χ0v) is 12.1. The number of nitrogens with one attached hydrogen (secondary N) is 1. The van der Waals surface area contributed by atoms with Crippen LogP contribution in [0.5, 0.6) is 0 Å². The summed E-state index contributed by atoms with van der Waals surface area (Å²) in [5.41, 5.74) is 4.17. The van der Waals surface area contributed by atoms with Crippen molar-refractivity contribution >= 4 is 23.3 Å². The number of rotatable bonds is 1. The standard InChI is InChI=1S/C15H20N2S/c1-10-4-5-12-13(8-10)17(14(18)16-12)11-6-7-15(2,3)9-11/h4-5,8,11H,6-7,9H2,1-3H3,(H,16,18). The highest BCUT2D eigenvalue weighted by molar-refractivity contribution is 7.71. The molecular weight excluding hydrogens is 240 g/mol. The number of H-pyrrole nitrogens is 1. The van der Waals surface area contributed by atoms with E-state index in [1.165, 1.54) is 30.3 Å². The second-order valence-electron chi connectivity index (χ2n) is 6.38. The maximum Gasteiger partial charge on any atom is 0.178 e. The molecule has 3 rings (SSSR count). The van der Waals surface area contributed by atoms with E-state index < -0.39 is 0 Å². The second kappa shape index (κ2) is 3.95. The van der Waals surface area contributed by atoms with Gasteiger partial charge in [0.05, 0.1) is 11.0 Å². The van der Waals surface area contributed by atoms with Crippen LogP contribution in [0.25, 0.3) is 11.0 Å². The second-order valence-corrected chi connectivity index (χ2v) is 6.77. The van der Waals surface area contributed by atoms with Crippen LogP contribution in [-0.4, -0.2) is 9.55 Å². The summed E-state index contributed by atoms with van der Waals surface area (Å²) in [6, 6.07) is 7.07. The molecule has 18 heavy (non-hydrogen) atoms. The van der Waals surface area contributed by atoms with E-state index in [0.29, 0.717) is 11.5 Å². The Morgan fingerprint density at radius 1 is 1.39 bits per heavy atom. The molecule has 1 aliphatic carbocycles. The van der Waals surface area contributed by atoms with Gasteiger partial charge in [0.25, 0.3) is 0 Å². The summed E-state index contributed by atoms with van der Waals surface area (Å²) in [4.78, 5) is 3.34. The first-order valence-electron chi connectivity index (χ1n) is 6.67. The third-order valence-electron chi connectivity index (χ3n) is 4.18. The largest absolute Gasteiger partial charge is 0.331 e. The third-order valence-corrected chi connectivity index (χ3v) is 4.48. The molecule has 1 fully saturated rings. The highest BCUT2D eigenvalue weighted by Crippen LogP contribution is 2.44. The summed E-state index contributed by atoms with van der Waals surface area (Å²) in [7, 11) is 0. The van der Waals surface area contributed by atoms with E-state index in [1.807, 2.05) is 0 Å². The average Bonchev–Trinajstić information content (AvgIpc) is 2.77. The molecule has 1 aliphatic rings. The number of benzene rings is 1. The Hall–Kier alpha value is -1.09. The molecular formula is C15H20N2S. The van der Waals surface area contributed by atoms with Crippen LogP contribution >= 0.6 is 12.2 Å². The van der Waals surface area contributed by atoms with Crippen LogP contribution in [-0.2, 0) is 0 Å². The molecule has 1 atom stereocenters. The van der Waals surface area contributed by atoms with Crippen molar-refractivity contribution in [2.75, 3.05) is 0 Å². The van der Waals surface area contributed by atoms with Crippen molar-refractivity contribution in [2.24, 2.45) is 5.41 Å². The van der Waals surface area contributed by atoms with Crippen LogP contribution < -0.4 is 0 Å². The molecule has 0 aliphatic heterocycles. The van der Waals surface area contributed by atoms with Crippen molar-refractivity contribution in [1.29, 1.82) is 0 Å². The number of hydrogen-bond donors (Lipinski definition) is 1. The Morgan fingerprint density at radius 2 is 2.17 bits per heavy atom. The minimum atomic E-state index is 0.451. The van der Waals surface area contributed by atoms with Crippen molar-refractivity contribution in [3.05, 3.63) is 28.5 Å². The first-order chi connectivity index (χ1) is 8.46. The Kier molecular flexibility index (Phi) is 2.63. The average molecular weight is 260 g/mol. The highest BCUT2D eigenvalue weighted by atomic mass is 32.1. The number of hydrogen-bond acceptors (Lipinski definition) is 1. The molecule has 1 saturated carbocycles. The third kappa shape index (κ3) is 1.91. The quantitative estimate of drug-likeness (QED) is 0.733. The molecule has 96 valence electrons. The van der Waals surface area contributed by atoms with Crippen LogP contribution in [0.2, 0.25) is 0 Å². The molecule has 1 N–H and O–H groups in total. The number of nitrogens with zero attached hydrogens (tertiary/aromatic N) is 1. The first-order valence-corrected chi connectivity index (χ1v) is 7.08. The van der Waals surface area contributed by atoms with Gasteiger partial charge in [-0.05, 0) is 61.5 Å². The lowest BCUT2D eigenvalue weighted by molar-refractivity contribution is 0.360. The van der Waals surface area contributed by atoms with E-state index in [0.717, 1.165) is 10.3 Å². The maximum atomic E-state index is 5.52. The Balaban J connectivity index is 2.14. The van der Waals surface area contributed by atoms with Gasteiger partial charge in [0.2, 0.25) is 0 Å². The fraction of sp³-hybridized carbons (Fsp3) is 0.533. The summed E-state index contributed by atoms with van der Waals surface area (Å²) in [5.74, 6) is 0. The smallest absolute Gasteiger partial charge is 0.178 e. The summed E-state index contributed by atoms with van der Waals surface area (Å²) >= 11 is 5.52. The normalized spacial score (nSPS) is 22.7. The molecule has 1 unspecified atom stereocenters. The van der Waals surface area contributed by atoms with Gasteiger partial charge >= 0.3 is 0 Å². The van der Waals surface area contributed by atoms with E-state index in [-0.39, 0.29) is 0 Å². The van der Waals surface area contributed by atoms with E-state index in [2.05, 4.69) is 48.5 Å². The molecule has 2 aromatic rings. The predicted molar refractivity (Wildman–Crippen MR) is 78.5 cm³/mol. The van der Waals surface area contributed by atoms with Gasteiger partial charge in [0.15, 0.2) is 4.77 Å². The van der Waals surface area contributed by atoms with Crippen LogP contribution in [0.4, 0.5) is 0 Å². The number of aryl methyl sites for hydroxylation is 1. The summed E-state index contributed by atoms with van der Waals surface area (Å²) in [5, 5.41) is 0. The Morgan fingerprint density at radius 3 is 2.83 bits per heavy atom. The lowest BCUT2D eigenvalue weighted by Gasteiger charge is -2.18. The minimum Gasteiger partial charge on any atom is -0.331 e. The van der Waals surface area contributed by atoms with E-state index >= 15 is 0 Å². The van der Waals surface area contributed by atoms with Crippen LogP contribution in [0.15, 0.2) is 18.2 Å². The summed E-state index contributed by atoms with van der Waals surface area (Å²) < 4.78 is 3.21. The van der Waals surface area contributed by atoms with Crippen molar-refractivity contribution in [3.63, 3.8) is 0 Å². The van der Waals surface area contributed by atoms with E-state index in [9.17, 15) is 0 Å². The summed E-state index contributed by atoms with van der Waals surface area (Å²) in [6.07, 6.45) is 3.75. The first kappa shape index (κ1) is 12.0. The van der Waals surface area contributed by atoms with E-state index in [4.69, 9.17) is 12.2 Å². The molecule has 2 nitrogen and oxygen atoms in total. The monoisotopic (exact) mass is 260 g/mol. The van der Waals surface area contributed by atoms with Crippen LogP contribution in [0, 0.1) is 17.1 Å². The van der Waals surface area contributed by atoms with Gasteiger partial charge in [0.1, 0.15) is 0 Å². The van der Waals surface area contributed by atoms with Crippen molar-refractivity contribution in [1.82, 2.24) is 9.55 Å². The van der Waals surface area contributed by atoms with Gasteiger partial charge in [-0.1, -0.05) is 19.9 Å². The van der Waals surface area contributed by atoms with Gasteiger partial charge in [-0.15, -0.1) is 0 Å². The number of aromatic amines is 1. The lowest BCUT2D eigenvalue weighted by atomic mass is 9.92. The maximum absolute atomic E-state index is 5.52. The van der Waals surface area contributed by atoms with Gasteiger partial charge in [-0.2, -0.15) is 0 Å². The zero-order valence-electron chi connectivity index (χ0n) is 11.3. The van der Waals surface area contributed by atoms with Crippen molar-refractivity contribution in [3.8, 4) is 0 Å². The molecule has 0 spiro atoms. The van der Waals surface area contributed by atoms with Gasteiger partial charge in [-0.3, -0.25) is 0 Å². The fourth-order valence-corrected chi connectivity index (χ4v) is 3.57. The lowest BCUT2D eigenvalue weighted by Crippen LogP contribution is -2.09. The van der Waals surface area contributed by atoms with Crippen molar-refractivity contribution < 1.29 is 0 Å². The zero-order chi connectivity index (χ0) is 12.9. The summed E-state index contributed by atoms with van der Waals surface area (Å²) in [6.45, 7) is 6.85. The van der Waals surface area contributed by atoms with Crippen LogP contribution in [0.3, 0.4) is 0 Å². The SMILES string of the molecule is Cc1ccc2[nH]c(=S)n(C3CCC(C)(C)C3)c2c1. The number of imidazole rings is 1. The molecule has 0 bridgehead atoms. The van der Waals surface area contributed by atoms with E-state index in [1.54, 1.807) is 0 Å². The highest BCUT2D eigenvalue weighted by Gasteiger charge is 2.32. The van der Waals surface area contributed by atoms with Gasteiger partial charge in [0, 0.05) is 6.04 Å². The Labute approximate surface area is 113 Å². The molecule has 1 heterocycles. The topological polar surface area (TPSA) is 20.7 Å². The number of fused-ring (bicyclic) bond motifs is 1. The molecule has 0 amide bonds. The molecule has 0 saturated heterocycles. The predicted octanol–water partition coefficient (Wildman–Crippen LogP) is 4.76. The van der Waals surface area contributed by atoms with Crippen LogP contribution in [0.1, 0.15) is 44.7 Å². The molecule has 3 heteroatoms. The van der Waals surface area contributed by atoms with Gasteiger partial charge in [-0.25, -0.2) is 0 Å². The number of aromatic nitrogens is 2. The fourth-order valence-electron chi connectivity index (χ4n) is 3.21. The van der Waals surface area contributed by atoms with Crippen molar-refractivity contribution in [2.45, 2.75) is 46.1 Å². The van der Waals surface area contributed by atoms with Gasteiger partial charge < -0.3 is 9.55 Å². The Bertz CT molecular complexity index is 648. The molecule has 1 aromatic heterocycles. The molecule has 0 radical (unpaired) electrons.